The third-order valence-corrected chi connectivity index (χ3v) is 4.80. The predicted molar refractivity (Wildman–Crippen MR) is 102 cm³/mol. The second kappa shape index (κ2) is 7.74. The van der Waals surface area contributed by atoms with Crippen LogP contribution in [0.3, 0.4) is 0 Å². The van der Waals surface area contributed by atoms with Gasteiger partial charge in [-0.2, -0.15) is 0 Å². The molecule has 1 aromatic carbocycles. The molecule has 0 spiro atoms. The lowest BCUT2D eigenvalue weighted by molar-refractivity contribution is 0.297. The van der Waals surface area contributed by atoms with Gasteiger partial charge in [0.2, 0.25) is 0 Å². The summed E-state index contributed by atoms with van der Waals surface area (Å²) in [5.74, 6) is 2.27. The summed E-state index contributed by atoms with van der Waals surface area (Å²) in [4.78, 5) is 10.3. The van der Waals surface area contributed by atoms with Crippen molar-refractivity contribution in [2.45, 2.75) is 39.7 Å². The highest BCUT2D eigenvalue weighted by Crippen LogP contribution is 2.32. The first-order valence-electron chi connectivity index (χ1n) is 8.45. The molecular weight excluding hydrogens is 336 g/mol. The van der Waals surface area contributed by atoms with Gasteiger partial charge in [0, 0.05) is 23.1 Å². The molecule has 1 aliphatic heterocycles. The number of aromatic nitrogens is 1. The van der Waals surface area contributed by atoms with Gasteiger partial charge < -0.3 is 20.5 Å². The van der Waals surface area contributed by atoms with E-state index in [0.717, 1.165) is 34.3 Å². The molecule has 3 N–H and O–H groups in total. The lowest BCUT2D eigenvalue weighted by Gasteiger charge is -2.10. The Balaban J connectivity index is 1.65. The van der Waals surface area contributed by atoms with E-state index < -0.39 is 0 Å². The van der Waals surface area contributed by atoms with Gasteiger partial charge in [-0.05, 0) is 25.0 Å². The smallest absolute Gasteiger partial charge is 0.193 e. The van der Waals surface area contributed by atoms with Crippen molar-refractivity contribution in [3.05, 3.63) is 33.8 Å². The van der Waals surface area contributed by atoms with Crippen LogP contribution in [-0.4, -0.2) is 24.2 Å². The van der Waals surface area contributed by atoms with Gasteiger partial charge in [0.1, 0.15) is 5.01 Å². The number of hydrogen-bond donors (Lipinski definition) is 2. The van der Waals surface area contributed by atoms with Crippen molar-refractivity contribution < 1.29 is 9.47 Å². The number of rotatable bonds is 4. The van der Waals surface area contributed by atoms with Crippen LogP contribution in [0.1, 0.15) is 41.8 Å². The second-order valence-corrected chi connectivity index (χ2v) is 7.53. The highest BCUT2D eigenvalue weighted by atomic mass is 32.1. The first-order valence-corrected chi connectivity index (χ1v) is 9.27. The molecule has 0 saturated carbocycles. The summed E-state index contributed by atoms with van der Waals surface area (Å²) in [5, 5.41) is 4.07. The lowest BCUT2D eigenvalue weighted by atomic mass is 10.1. The van der Waals surface area contributed by atoms with E-state index in [4.69, 9.17) is 15.2 Å². The molecule has 0 aliphatic carbocycles. The Labute approximate surface area is 152 Å². The van der Waals surface area contributed by atoms with Gasteiger partial charge >= 0.3 is 0 Å². The SMILES string of the molecule is Cc1sc(CN=C(N)Nc2ccc3c(c2)OCCCO3)nc1C(C)C. The Morgan fingerprint density at radius 2 is 2.08 bits per heavy atom. The number of guanidine groups is 1. The van der Waals surface area contributed by atoms with Crippen LogP contribution in [0.4, 0.5) is 5.69 Å². The molecule has 134 valence electrons. The van der Waals surface area contributed by atoms with Crippen LogP contribution in [0.2, 0.25) is 0 Å². The molecule has 3 rings (SSSR count). The monoisotopic (exact) mass is 360 g/mol. The third-order valence-electron chi connectivity index (χ3n) is 3.83. The first-order chi connectivity index (χ1) is 12.0. The minimum absolute atomic E-state index is 0.355. The molecule has 2 heterocycles. The maximum absolute atomic E-state index is 6.01. The van der Waals surface area contributed by atoms with E-state index in [9.17, 15) is 0 Å². The minimum Gasteiger partial charge on any atom is -0.490 e. The molecule has 1 aliphatic rings. The zero-order valence-corrected chi connectivity index (χ0v) is 15.7. The van der Waals surface area contributed by atoms with Gasteiger partial charge in [0.25, 0.3) is 0 Å². The van der Waals surface area contributed by atoms with E-state index in [-0.39, 0.29) is 0 Å². The molecule has 0 saturated heterocycles. The summed E-state index contributed by atoms with van der Waals surface area (Å²) in [7, 11) is 0. The van der Waals surface area contributed by atoms with Crippen LogP contribution in [0.5, 0.6) is 11.5 Å². The van der Waals surface area contributed by atoms with Crippen molar-refractivity contribution >= 4 is 23.0 Å². The Hall–Kier alpha value is -2.28. The van der Waals surface area contributed by atoms with E-state index in [2.05, 4.69) is 36.1 Å². The number of anilines is 1. The summed E-state index contributed by atoms with van der Waals surface area (Å²) >= 11 is 1.67. The molecule has 0 unspecified atom stereocenters. The molecule has 2 aromatic rings. The van der Waals surface area contributed by atoms with Gasteiger partial charge in [0.15, 0.2) is 17.5 Å². The molecule has 0 amide bonds. The molecule has 1 aromatic heterocycles. The van der Waals surface area contributed by atoms with E-state index in [1.807, 2.05) is 18.2 Å². The molecule has 7 heteroatoms. The Kier molecular flexibility index (Phi) is 5.43. The molecule has 0 radical (unpaired) electrons. The van der Waals surface area contributed by atoms with Crippen molar-refractivity contribution in [3.63, 3.8) is 0 Å². The Morgan fingerprint density at radius 3 is 2.80 bits per heavy atom. The summed E-state index contributed by atoms with van der Waals surface area (Å²) in [6, 6.07) is 5.67. The zero-order chi connectivity index (χ0) is 17.8. The standard InChI is InChI=1S/C18H24N4O2S/c1-11(2)17-12(3)25-16(22-17)10-20-18(19)21-13-5-6-14-15(9-13)24-8-4-7-23-14/h5-6,9,11H,4,7-8,10H2,1-3H3,(H3,19,20,21). The minimum atomic E-state index is 0.355. The molecule has 25 heavy (non-hydrogen) atoms. The number of fused-ring (bicyclic) bond motifs is 1. The second-order valence-electron chi connectivity index (χ2n) is 6.24. The largest absolute Gasteiger partial charge is 0.490 e. The number of benzene rings is 1. The van der Waals surface area contributed by atoms with Crippen LogP contribution < -0.4 is 20.5 Å². The van der Waals surface area contributed by atoms with Crippen LogP contribution in [0, 0.1) is 6.92 Å². The summed E-state index contributed by atoms with van der Waals surface area (Å²) in [6.45, 7) is 8.20. The normalized spacial score (nSPS) is 14.5. The van der Waals surface area contributed by atoms with E-state index in [1.165, 1.54) is 4.88 Å². The van der Waals surface area contributed by atoms with Gasteiger partial charge in [-0.25, -0.2) is 9.98 Å². The van der Waals surface area contributed by atoms with Crippen LogP contribution in [-0.2, 0) is 6.54 Å². The zero-order valence-electron chi connectivity index (χ0n) is 14.8. The fraction of sp³-hybridized carbons (Fsp3) is 0.444. The van der Waals surface area contributed by atoms with E-state index >= 15 is 0 Å². The first kappa shape index (κ1) is 17.5. The maximum atomic E-state index is 6.01. The van der Waals surface area contributed by atoms with Crippen molar-refractivity contribution in [2.75, 3.05) is 18.5 Å². The number of nitrogens with one attached hydrogen (secondary N) is 1. The van der Waals surface area contributed by atoms with Gasteiger partial charge in [-0.15, -0.1) is 11.3 Å². The predicted octanol–water partition coefficient (Wildman–Crippen LogP) is 3.66. The van der Waals surface area contributed by atoms with Crippen LogP contribution in [0.15, 0.2) is 23.2 Å². The molecule has 6 nitrogen and oxygen atoms in total. The number of ether oxygens (including phenoxy) is 2. The number of aryl methyl sites for hydroxylation is 1. The van der Waals surface area contributed by atoms with E-state index in [1.54, 1.807) is 11.3 Å². The fourth-order valence-corrected chi connectivity index (χ4v) is 3.66. The average molecular weight is 360 g/mol. The quantitative estimate of drug-likeness (QED) is 0.642. The molecular formula is C18H24N4O2S. The lowest BCUT2D eigenvalue weighted by Crippen LogP contribution is -2.22. The fourth-order valence-electron chi connectivity index (χ4n) is 2.65. The molecule has 0 fully saturated rings. The van der Waals surface area contributed by atoms with E-state index in [0.29, 0.717) is 31.6 Å². The maximum Gasteiger partial charge on any atom is 0.193 e. The van der Waals surface area contributed by atoms with Gasteiger partial charge in [0.05, 0.1) is 25.5 Å². The van der Waals surface area contributed by atoms with Crippen LogP contribution in [0.25, 0.3) is 0 Å². The van der Waals surface area contributed by atoms with Crippen LogP contribution >= 0.6 is 11.3 Å². The molecule has 0 bridgehead atoms. The van der Waals surface area contributed by atoms with Gasteiger partial charge in [-0.1, -0.05) is 13.8 Å². The number of nitrogens with zero attached hydrogens (tertiary/aromatic N) is 2. The van der Waals surface area contributed by atoms with Crippen molar-refractivity contribution in [1.29, 1.82) is 0 Å². The number of thiazole rings is 1. The Morgan fingerprint density at radius 1 is 1.32 bits per heavy atom. The highest BCUT2D eigenvalue weighted by molar-refractivity contribution is 7.11. The van der Waals surface area contributed by atoms with Crippen molar-refractivity contribution in [2.24, 2.45) is 10.7 Å². The average Bonchev–Trinajstić information content (AvgIpc) is 2.80. The number of hydrogen-bond acceptors (Lipinski definition) is 5. The molecule has 0 atom stereocenters. The summed E-state index contributed by atoms with van der Waals surface area (Å²) in [6.07, 6.45) is 0.882. The van der Waals surface area contributed by atoms with Crippen molar-refractivity contribution in [3.8, 4) is 11.5 Å². The number of aliphatic imine (C=N–C) groups is 1. The number of nitrogens with two attached hydrogens (primary N) is 1. The third kappa shape index (κ3) is 4.42. The Bertz CT molecular complexity index is 770. The van der Waals surface area contributed by atoms with Crippen molar-refractivity contribution in [1.82, 2.24) is 4.98 Å². The highest BCUT2D eigenvalue weighted by Gasteiger charge is 2.12. The summed E-state index contributed by atoms with van der Waals surface area (Å²) in [5.41, 5.74) is 7.97. The van der Waals surface area contributed by atoms with Gasteiger partial charge in [-0.3, -0.25) is 0 Å². The summed E-state index contributed by atoms with van der Waals surface area (Å²) < 4.78 is 11.3. The topological polar surface area (TPSA) is 81.8 Å².